The van der Waals surface area contributed by atoms with Crippen LogP contribution in [-0.4, -0.2) is 69.3 Å². The maximum Gasteiger partial charge on any atom is 0.251 e. The van der Waals surface area contributed by atoms with Crippen molar-refractivity contribution in [1.29, 1.82) is 0 Å². The summed E-state index contributed by atoms with van der Waals surface area (Å²) in [7, 11) is 3.27. The summed E-state index contributed by atoms with van der Waals surface area (Å²) in [5.41, 5.74) is 1.46. The summed E-state index contributed by atoms with van der Waals surface area (Å²) < 4.78 is 12.0. The zero-order valence-electron chi connectivity index (χ0n) is 17.6. The molecular weight excluding hydrogens is 436 g/mol. The number of hydrogen-bond donors (Lipinski definition) is 1. The number of methoxy groups -OCH3 is 2. The van der Waals surface area contributed by atoms with Crippen molar-refractivity contribution in [3.8, 4) is 11.5 Å². The smallest absolute Gasteiger partial charge is 0.251 e. The van der Waals surface area contributed by atoms with Crippen LogP contribution in [0.25, 0.3) is 10.2 Å². The van der Waals surface area contributed by atoms with Crippen LogP contribution in [0.2, 0.25) is 5.02 Å². The van der Waals surface area contributed by atoms with Gasteiger partial charge < -0.3 is 19.7 Å². The summed E-state index contributed by atoms with van der Waals surface area (Å²) in [5.74, 6) is 1.30. The number of halogens is 1. The molecule has 0 unspecified atom stereocenters. The minimum Gasteiger partial charge on any atom is -0.493 e. The van der Waals surface area contributed by atoms with E-state index in [9.17, 15) is 4.79 Å². The summed E-state index contributed by atoms with van der Waals surface area (Å²) in [6.07, 6.45) is 0. The van der Waals surface area contributed by atoms with Gasteiger partial charge in [0.15, 0.2) is 16.6 Å². The fraction of sp³-hybridized carbons (Fsp3) is 0.364. The normalized spacial score (nSPS) is 14.6. The van der Waals surface area contributed by atoms with E-state index in [1.165, 1.54) is 0 Å². The molecule has 0 spiro atoms. The van der Waals surface area contributed by atoms with Crippen LogP contribution in [0.15, 0.2) is 36.4 Å². The second-order valence-electron chi connectivity index (χ2n) is 7.24. The lowest BCUT2D eigenvalue weighted by atomic mass is 10.2. The Hall–Kier alpha value is -2.55. The third-order valence-corrected chi connectivity index (χ3v) is 6.69. The van der Waals surface area contributed by atoms with Gasteiger partial charge in [-0.25, -0.2) is 4.98 Å². The molecule has 2 heterocycles. The van der Waals surface area contributed by atoms with Gasteiger partial charge in [-0.15, -0.1) is 0 Å². The molecule has 0 saturated carbocycles. The number of thiazole rings is 1. The van der Waals surface area contributed by atoms with E-state index in [4.69, 9.17) is 26.1 Å². The number of rotatable bonds is 7. The first-order valence-electron chi connectivity index (χ1n) is 10.1. The van der Waals surface area contributed by atoms with Gasteiger partial charge in [0.05, 0.1) is 18.9 Å². The number of aromatic nitrogens is 1. The first kappa shape index (κ1) is 21.7. The average Bonchev–Trinajstić information content (AvgIpc) is 3.23. The number of amides is 1. The predicted molar refractivity (Wildman–Crippen MR) is 125 cm³/mol. The van der Waals surface area contributed by atoms with Crippen LogP contribution in [0, 0.1) is 0 Å². The number of benzene rings is 2. The molecule has 0 radical (unpaired) electrons. The van der Waals surface area contributed by atoms with Crippen molar-refractivity contribution >= 4 is 44.2 Å². The molecule has 0 aliphatic carbocycles. The zero-order valence-corrected chi connectivity index (χ0v) is 19.1. The third kappa shape index (κ3) is 4.87. The van der Waals surface area contributed by atoms with E-state index in [0.717, 1.165) is 48.1 Å². The summed E-state index contributed by atoms with van der Waals surface area (Å²) >= 11 is 7.54. The second kappa shape index (κ2) is 9.72. The largest absolute Gasteiger partial charge is 0.493 e. The van der Waals surface area contributed by atoms with Crippen LogP contribution in [-0.2, 0) is 0 Å². The van der Waals surface area contributed by atoms with Gasteiger partial charge in [-0.05, 0) is 36.4 Å². The fourth-order valence-corrected chi connectivity index (χ4v) is 4.77. The number of nitrogens with zero attached hydrogens (tertiary/aromatic N) is 3. The van der Waals surface area contributed by atoms with Gasteiger partial charge in [0.2, 0.25) is 0 Å². The highest BCUT2D eigenvalue weighted by molar-refractivity contribution is 7.22. The van der Waals surface area contributed by atoms with Gasteiger partial charge in [0, 0.05) is 49.9 Å². The summed E-state index contributed by atoms with van der Waals surface area (Å²) in [4.78, 5) is 21.7. The summed E-state index contributed by atoms with van der Waals surface area (Å²) in [6.45, 7) is 5.06. The third-order valence-electron chi connectivity index (χ3n) is 5.35. The van der Waals surface area contributed by atoms with Gasteiger partial charge in [0.1, 0.15) is 5.52 Å². The van der Waals surface area contributed by atoms with Crippen molar-refractivity contribution < 1.29 is 14.3 Å². The highest BCUT2D eigenvalue weighted by atomic mass is 35.5. The minimum atomic E-state index is -0.0749. The first-order chi connectivity index (χ1) is 15.1. The molecule has 1 fully saturated rings. The highest BCUT2D eigenvalue weighted by Crippen LogP contribution is 2.40. The molecule has 2 aromatic carbocycles. The number of hydrogen-bond acceptors (Lipinski definition) is 7. The van der Waals surface area contributed by atoms with Gasteiger partial charge >= 0.3 is 0 Å². The molecule has 4 rings (SSSR count). The van der Waals surface area contributed by atoms with E-state index in [1.807, 2.05) is 12.1 Å². The predicted octanol–water partition coefficient (Wildman–Crippen LogP) is 3.52. The maximum absolute atomic E-state index is 12.2. The van der Waals surface area contributed by atoms with Crippen molar-refractivity contribution in [3.63, 3.8) is 0 Å². The molecule has 31 heavy (non-hydrogen) atoms. The molecule has 1 N–H and O–H groups in total. The fourth-order valence-electron chi connectivity index (χ4n) is 3.63. The van der Waals surface area contributed by atoms with E-state index in [2.05, 4.69) is 15.1 Å². The highest BCUT2D eigenvalue weighted by Gasteiger charge is 2.21. The van der Waals surface area contributed by atoms with Crippen LogP contribution in [0.3, 0.4) is 0 Å². The molecular formula is C22H25ClN4O3S. The van der Waals surface area contributed by atoms with E-state index >= 15 is 0 Å². The number of nitrogens with one attached hydrogen (secondary N) is 1. The molecule has 0 atom stereocenters. The second-order valence-corrected chi connectivity index (χ2v) is 8.68. The summed E-state index contributed by atoms with van der Waals surface area (Å²) in [6, 6.07) is 10.9. The van der Waals surface area contributed by atoms with Crippen molar-refractivity contribution in [2.75, 3.05) is 58.4 Å². The van der Waals surface area contributed by atoms with E-state index < -0.39 is 0 Å². The Balaban J connectivity index is 1.29. The number of carbonyl (C=O) groups is 1. The number of anilines is 1. The SMILES string of the molecule is COc1ccc2sc(N3CCN(CCNC(=O)c4ccc(Cl)cc4)CC3)nc2c1OC. The average molecular weight is 461 g/mol. The Kier molecular flexibility index (Phi) is 6.80. The lowest BCUT2D eigenvalue weighted by molar-refractivity contribution is 0.0948. The van der Waals surface area contributed by atoms with E-state index in [1.54, 1.807) is 49.8 Å². The quantitative estimate of drug-likeness (QED) is 0.582. The van der Waals surface area contributed by atoms with Crippen LogP contribution in [0.1, 0.15) is 10.4 Å². The van der Waals surface area contributed by atoms with Crippen molar-refractivity contribution in [2.45, 2.75) is 0 Å². The van der Waals surface area contributed by atoms with E-state index in [0.29, 0.717) is 28.6 Å². The van der Waals surface area contributed by atoms with Crippen molar-refractivity contribution in [1.82, 2.24) is 15.2 Å². The Morgan fingerprint density at radius 1 is 1.10 bits per heavy atom. The number of carbonyl (C=O) groups excluding carboxylic acids is 1. The zero-order chi connectivity index (χ0) is 21.8. The monoisotopic (exact) mass is 460 g/mol. The topological polar surface area (TPSA) is 66.9 Å². The molecule has 7 nitrogen and oxygen atoms in total. The Morgan fingerprint density at radius 2 is 1.84 bits per heavy atom. The van der Waals surface area contributed by atoms with E-state index in [-0.39, 0.29) is 5.91 Å². The van der Waals surface area contributed by atoms with Gasteiger partial charge in [0.25, 0.3) is 5.91 Å². The Labute approximate surface area is 190 Å². The lowest BCUT2D eigenvalue weighted by Gasteiger charge is -2.34. The van der Waals surface area contributed by atoms with Gasteiger partial charge in [-0.1, -0.05) is 22.9 Å². The van der Waals surface area contributed by atoms with Crippen LogP contribution < -0.4 is 19.7 Å². The standard InChI is InChI=1S/C22H25ClN4O3S/c1-29-17-7-8-18-19(20(17)30-2)25-22(31-18)27-13-11-26(12-14-27)10-9-24-21(28)15-3-5-16(23)6-4-15/h3-8H,9-14H2,1-2H3,(H,24,28). The lowest BCUT2D eigenvalue weighted by Crippen LogP contribution is -2.48. The molecule has 1 aromatic heterocycles. The maximum atomic E-state index is 12.2. The molecule has 1 amide bonds. The number of ether oxygens (including phenoxy) is 2. The molecule has 1 aliphatic rings. The molecule has 9 heteroatoms. The summed E-state index contributed by atoms with van der Waals surface area (Å²) in [5, 5.41) is 4.60. The van der Waals surface area contributed by atoms with Crippen molar-refractivity contribution in [3.05, 3.63) is 47.0 Å². The molecule has 3 aromatic rings. The van der Waals surface area contributed by atoms with Crippen LogP contribution in [0.4, 0.5) is 5.13 Å². The first-order valence-corrected chi connectivity index (χ1v) is 11.3. The number of piperazine rings is 1. The van der Waals surface area contributed by atoms with Gasteiger partial charge in [-0.3, -0.25) is 9.69 Å². The van der Waals surface area contributed by atoms with Crippen molar-refractivity contribution in [2.24, 2.45) is 0 Å². The van der Waals surface area contributed by atoms with Crippen LogP contribution in [0.5, 0.6) is 11.5 Å². The molecule has 1 saturated heterocycles. The minimum absolute atomic E-state index is 0.0749. The van der Waals surface area contributed by atoms with Crippen LogP contribution >= 0.6 is 22.9 Å². The Bertz CT molecular complexity index is 1050. The molecule has 0 bridgehead atoms. The Morgan fingerprint density at radius 3 is 2.52 bits per heavy atom. The van der Waals surface area contributed by atoms with Gasteiger partial charge in [-0.2, -0.15) is 0 Å². The molecule has 164 valence electrons. The number of fused-ring (bicyclic) bond motifs is 1. The molecule has 1 aliphatic heterocycles.